The molecule has 0 aliphatic heterocycles. The minimum Gasteiger partial charge on any atom is -0.387 e. The van der Waals surface area contributed by atoms with Gasteiger partial charge in [-0.3, -0.25) is 4.79 Å². The topological polar surface area (TPSA) is 222 Å². The Bertz CT molecular complexity index is 353. The molecular weight excluding hydrogens is 294 g/mol. The first-order chi connectivity index (χ1) is 9.56. The first-order valence-corrected chi connectivity index (χ1v) is 5.75. The molecule has 124 valence electrons. The molecule has 0 radical (unpaired) electrons. The van der Waals surface area contributed by atoms with Crippen molar-refractivity contribution in [2.45, 2.75) is 48.8 Å². The molecule has 0 rings (SSSR count). The lowest BCUT2D eigenvalue weighted by Crippen LogP contribution is -2.57. The summed E-state index contributed by atoms with van der Waals surface area (Å²) < 4.78 is 0. The van der Waals surface area contributed by atoms with Crippen LogP contribution in [0.2, 0.25) is 0 Å². The van der Waals surface area contributed by atoms with Crippen LogP contribution in [0, 0.1) is 0 Å². The Morgan fingerprint density at radius 2 is 1.05 bits per heavy atom. The van der Waals surface area contributed by atoms with Crippen molar-refractivity contribution in [1.29, 1.82) is 0 Å². The van der Waals surface area contributed by atoms with Crippen molar-refractivity contribution in [3.8, 4) is 0 Å². The van der Waals surface area contributed by atoms with Gasteiger partial charge in [0.25, 0.3) is 0 Å². The highest BCUT2D eigenvalue weighted by Crippen LogP contribution is 2.14. The molecule has 0 aromatic rings. The zero-order chi connectivity index (χ0) is 16.9. The first kappa shape index (κ1) is 19.8. The van der Waals surface area contributed by atoms with Crippen LogP contribution in [0.4, 0.5) is 0 Å². The van der Waals surface area contributed by atoms with E-state index in [-0.39, 0.29) is 6.29 Å². The van der Waals surface area contributed by atoms with Gasteiger partial charge in [0.2, 0.25) is 5.91 Å². The van der Waals surface area contributed by atoms with Crippen molar-refractivity contribution in [2.24, 2.45) is 5.73 Å². The zero-order valence-electron chi connectivity index (χ0n) is 10.7. The maximum atomic E-state index is 10.6. The number of aliphatic hydroxyl groups excluding tert-OH is 8. The van der Waals surface area contributed by atoms with Crippen molar-refractivity contribution in [3.05, 3.63) is 0 Å². The number of hydrogen-bond acceptors (Lipinski definition) is 10. The summed E-state index contributed by atoms with van der Waals surface area (Å²) in [5, 5.41) is 74.5. The molecule has 0 heterocycles. The van der Waals surface area contributed by atoms with E-state index in [0.717, 1.165) is 0 Å². The molecule has 0 aliphatic rings. The number of rotatable bonds is 9. The van der Waals surface area contributed by atoms with E-state index in [1.807, 2.05) is 0 Å². The summed E-state index contributed by atoms with van der Waals surface area (Å²) in [6, 6.07) is 0. The zero-order valence-corrected chi connectivity index (χ0v) is 10.7. The lowest BCUT2D eigenvalue weighted by atomic mass is 9.93. The van der Waals surface area contributed by atoms with Crippen LogP contribution in [-0.2, 0) is 9.59 Å². The standard InChI is InChI=1S/C10H19NO10/c11-10(21)9(20)8(19)7(18)6(17)5(16)4(15)3(14)2(13)1-12/h1-9,13-20H,(H2,11,21)/t2-,3-,4+,5-,6-,7-,8+,9-/m1/s1. The third-order valence-electron chi connectivity index (χ3n) is 2.85. The van der Waals surface area contributed by atoms with Gasteiger partial charge in [0.05, 0.1) is 0 Å². The first-order valence-electron chi connectivity index (χ1n) is 5.75. The van der Waals surface area contributed by atoms with Gasteiger partial charge in [0, 0.05) is 0 Å². The minimum absolute atomic E-state index is 0.144. The van der Waals surface area contributed by atoms with E-state index in [1.165, 1.54) is 0 Å². The molecule has 0 unspecified atom stereocenters. The van der Waals surface area contributed by atoms with Crippen LogP contribution >= 0.6 is 0 Å². The minimum atomic E-state index is -2.34. The number of nitrogens with two attached hydrogens (primary N) is 1. The van der Waals surface area contributed by atoms with Gasteiger partial charge in [0.15, 0.2) is 12.4 Å². The summed E-state index contributed by atoms with van der Waals surface area (Å²) >= 11 is 0. The van der Waals surface area contributed by atoms with Gasteiger partial charge >= 0.3 is 0 Å². The fourth-order valence-corrected chi connectivity index (χ4v) is 1.45. The van der Waals surface area contributed by atoms with Crippen molar-refractivity contribution < 1.29 is 50.4 Å². The summed E-state index contributed by atoms with van der Waals surface area (Å²) in [6.07, 6.45) is -18.2. The third kappa shape index (κ3) is 4.94. The number of carbonyl (C=O) groups excluding carboxylic acids is 2. The van der Waals surface area contributed by atoms with Crippen LogP contribution in [0.15, 0.2) is 0 Å². The molecule has 0 fully saturated rings. The highest BCUT2D eigenvalue weighted by Gasteiger charge is 2.41. The van der Waals surface area contributed by atoms with Gasteiger partial charge in [-0.15, -0.1) is 0 Å². The van der Waals surface area contributed by atoms with Crippen LogP contribution in [0.25, 0.3) is 0 Å². The van der Waals surface area contributed by atoms with E-state index >= 15 is 0 Å². The average molecular weight is 313 g/mol. The number of aliphatic hydroxyl groups is 8. The quantitative estimate of drug-likeness (QED) is 0.183. The third-order valence-corrected chi connectivity index (χ3v) is 2.85. The summed E-state index contributed by atoms with van der Waals surface area (Å²) in [7, 11) is 0. The molecule has 0 saturated carbocycles. The highest BCUT2D eigenvalue weighted by atomic mass is 16.4. The molecule has 0 bridgehead atoms. The predicted octanol–water partition coefficient (Wildman–Crippen LogP) is -6.44. The second-order valence-electron chi connectivity index (χ2n) is 4.42. The summed E-state index contributed by atoms with van der Waals surface area (Å²) in [5.41, 5.74) is 4.65. The molecule has 0 saturated heterocycles. The van der Waals surface area contributed by atoms with E-state index in [2.05, 4.69) is 5.73 Å². The van der Waals surface area contributed by atoms with E-state index in [9.17, 15) is 40.2 Å². The number of aldehydes is 1. The second kappa shape index (κ2) is 8.31. The fourth-order valence-electron chi connectivity index (χ4n) is 1.45. The average Bonchev–Trinajstić information content (AvgIpc) is 2.48. The summed E-state index contributed by atoms with van der Waals surface area (Å²) in [5.74, 6) is -1.42. The Morgan fingerprint density at radius 3 is 1.38 bits per heavy atom. The van der Waals surface area contributed by atoms with E-state index in [0.29, 0.717) is 0 Å². The van der Waals surface area contributed by atoms with Crippen LogP contribution in [0.1, 0.15) is 0 Å². The van der Waals surface area contributed by atoms with Crippen LogP contribution in [-0.4, -0.2) is 102 Å². The Hall–Kier alpha value is -1.18. The Balaban J connectivity index is 4.86. The lowest BCUT2D eigenvalue weighted by Gasteiger charge is -2.32. The van der Waals surface area contributed by atoms with Gasteiger partial charge in [-0.05, 0) is 0 Å². The number of primary amides is 1. The number of amides is 1. The molecule has 8 atom stereocenters. The van der Waals surface area contributed by atoms with Gasteiger partial charge in [-0.25, -0.2) is 0 Å². The highest BCUT2D eigenvalue weighted by molar-refractivity contribution is 5.79. The number of carbonyl (C=O) groups is 2. The number of hydrogen-bond donors (Lipinski definition) is 9. The van der Waals surface area contributed by atoms with Crippen LogP contribution in [0.3, 0.4) is 0 Å². The van der Waals surface area contributed by atoms with Gasteiger partial charge in [-0.1, -0.05) is 0 Å². The SMILES string of the molecule is NC(=O)[C@H](O)[C@@H](O)[C@H](O)[C@H](O)[C@H](O)[C@@H](O)[C@H](O)[C@H](O)C=O. The van der Waals surface area contributed by atoms with Crippen molar-refractivity contribution >= 4 is 12.2 Å². The van der Waals surface area contributed by atoms with E-state index < -0.39 is 54.7 Å². The molecule has 1 amide bonds. The van der Waals surface area contributed by atoms with Crippen molar-refractivity contribution in [3.63, 3.8) is 0 Å². The van der Waals surface area contributed by atoms with Crippen LogP contribution in [0.5, 0.6) is 0 Å². The summed E-state index contributed by atoms with van der Waals surface area (Å²) in [6.45, 7) is 0. The summed E-state index contributed by atoms with van der Waals surface area (Å²) in [4.78, 5) is 20.8. The predicted molar refractivity (Wildman–Crippen MR) is 63.3 cm³/mol. The Labute approximate surface area is 118 Å². The van der Waals surface area contributed by atoms with E-state index in [4.69, 9.17) is 10.2 Å². The second-order valence-corrected chi connectivity index (χ2v) is 4.42. The molecule has 0 aromatic heterocycles. The Kier molecular flexibility index (Phi) is 7.84. The molecule has 11 nitrogen and oxygen atoms in total. The molecule has 0 aromatic carbocycles. The van der Waals surface area contributed by atoms with Crippen LogP contribution < -0.4 is 5.73 Å². The van der Waals surface area contributed by atoms with Gasteiger partial charge in [-0.2, -0.15) is 0 Å². The maximum absolute atomic E-state index is 10.6. The molecule has 0 spiro atoms. The Morgan fingerprint density at radius 1 is 0.714 bits per heavy atom. The smallest absolute Gasteiger partial charge is 0.249 e. The van der Waals surface area contributed by atoms with E-state index in [1.54, 1.807) is 0 Å². The molecule has 0 aliphatic carbocycles. The van der Waals surface area contributed by atoms with Gasteiger partial charge in [0.1, 0.15) is 42.7 Å². The fraction of sp³-hybridized carbons (Fsp3) is 0.800. The van der Waals surface area contributed by atoms with Crippen molar-refractivity contribution in [2.75, 3.05) is 0 Å². The van der Waals surface area contributed by atoms with Crippen molar-refractivity contribution in [1.82, 2.24) is 0 Å². The molecule has 11 heteroatoms. The maximum Gasteiger partial charge on any atom is 0.249 e. The normalized spacial score (nSPS) is 23.2. The lowest BCUT2D eigenvalue weighted by molar-refractivity contribution is -0.178. The largest absolute Gasteiger partial charge is 0.387 e. The monoisotopic (exact) mass is 313 g/mol. The molecule has 21 heavy (non-hydrogen) atoms. The van der Waals surface area contributed by atoms with Gasteiger partial charge < -0.3 is 51.4 Å². The molecule has 10 N–H and O–H groups in total. The molecular formula is C10H19NO10.